The Bertz CT molecular complexity index is 165. The van der Waals surface area contributed by atoms with Gasteiger partial charge >= 0.3 is 0 Å². The average Bonchev–Trinajstić information content (AvgIpc) is 2.67. The normalized spacial score (nSPS) is 25.4. The molecule has 2 atom stereocenters. The molecule has 0 aromatic heterocycles. The van der Waals surface area contributed by atoms with Gasteiger partial charge in [-0.15, -0.1) is 0 Å². The number of hydrogen-bond acceptors (Lipinski definition) is 1. The van der Waals surface area contributed by atoms with Crippen molar-refractivity contribution in [2.75, 3.05) is 0 Å². The first-order valence-electron chi connectivity index (χ1n) is 5.52. The molecule has 0 heterocycles. The van der Waals surface area contributed by atoms with Crippen LogP contribution in [0.4, 0.5) is 0 Å². The zero-order chi connectivity index (χ0) is 10.3. The van der Waals surface area contributed by atoms with Gasteiger partial charge in [0, 0.05) is 12.1 Å². The zero-order valence-corrected chi connectivity index (χ0v) is 10.1. The topological polar surface area (TPSA) is 12.0 Å². The van der Waals surface area contributed by atoms with Gasteiger partial charge in [-0.05, 0) is 37.5 Å². The van der Waals surface area contributed by atoms with Crippen LogP contribution in [0.2, 0.25) is 0 Å². The summed E-state index contributed by atoms with van der Waals surface area (Å²) in [4.78, 5) is 0. The molecule has 0 saturated heterocycles. The van der Waals surface area contributed by atoms with E-state index in [0.29, 0.717) is 22.9 Å². The first-order chi connectivity index (χ1) is 5.76. The molecule has 0 bridgehead atoms. The van der Waals surface area contributed by atoms with Crippen molar-refractivity contribution in [2.45, 2.75) is 66.5 Å². The lowest BCUT2D eigenvalue weighted by Crippen LogP contribution is -2.45. The Labute approximate surface area is 83.3 Å². The second-order valence-corrected chi connectivity index (χ2v) is 6.13. The Kier molecular flexibility index (Phi) is 2.78. The number of hydrogen-bond donors (Lipinski definition) is 1. The lowest BCUT2D eigenvalue weighted by atomic mass is 9.86. The van der Waals surface area contributed by atoms with Crippen molar-refractivity contribution < 1.29 is 0 Å². The predicted octanol–water partition coefficient (Wildman–Crippen LogP) is 3.20. The zero-order valence-electron chi connectivity index (χ0n) is 10.1. The smallest absolute Gasteiger partial charge is 0.00952 e. The fourth-order valence-corrected chi connectivity index (χ4v) is 1.46. The molecule has 0 aromatic rings. The fourth-order valence-electron chi connectivity index (χ4n) is 1.46. The minimum absolute atomic E-state index is 0.375. The van der Waals surface area contributed by atoms with Crippen LogP contribution in [-0.4, -0.2) is 12.1 Å². The Morgan fingerprint density at radius 3 is 1.92 bits per heavy atom. The van der Waals surface area contributed by atoms with Crippen LogP contribution in [0.25, 0.3) is 0 Å². The van der Waals surface area contributed by atoms with Gasteiger partial charge in [0.15, 0.2) is 0 Å². The third-order valence-corrected chi connectivity index (χ3v) is 3.88. The van der Waals surface area contributed by atoms with E-state index < -0.39 is 0 Å². The maximum absolute atomic E-state index is 3.72. The first kappa shape index (κ1) is 11.0. The highest BCUT2D eigenvalue weighted by molar-refractivity contribution is 4.98. The van der Waals surface area contributed by atoms with Crippen molar-refractivity contribution in [1.82, 2.24) is 5.32 Å². The van der Waals surface area contributed by atoms with E-state index >= 15 is 0 Å². The van der Waals surface area contributed by atoms with E-state index in [-0.39, 0.29) is 0 Å². The van der Waals surface area contributed by atoms with E-state index in [0.717, 1.165) is 0 Å². The van der Waals surface area contributed by atoms with E-state index in [1.807, 2.05) is 0 Å². The number of nitrogens with one attached hydrogen (secondary N) is 1. The third-order valence-electron chi connectivity index (χ3n) is 3.88. The largest absolute Gasteiger partial charge is 0.311 e. The molecule has 0 amide bonds. The fraction of sp³-hybridized carbons (Fsp3) is 1.00. The van der Waals surface area contributed by atoms with Crippen LogP contribution in [0.3, 0.4) is 0 Å². The van der Waals surface area contributed by atoms with Gasteiger partial charge in [-0.2, -0.15) is 0 Å². The summed E-state index contributed by atoms with van der Waals surface area (Å²) in [5, 5.41) is 3.72. The van der Waals surface area contributed by atoms with E-state index in [4.69, 9.17) is 0 Å². The molecule has 78 valence electrons. The van der Waals surface area contributed by atoms with Gasteiger partial charge < -0.3 is 5.32 Å². The van der Waals surface area contributed by atoms with Crippen molar-refractivity contribution >= 4 is 0 Å². The molecule has 0 spiro atoms. The maximum atomic E-state index is 3.72. The van der Waals surface area contributed by atoms with Crippen LogP contribution in [0.1, 0.15) is 54.4 Å². The maximum Gasteiger partial charge on any atom is 0.00952 e. The molecule has 2 unspecified atom stereocenters. The summed E-state index contributed by atoms with van der Waals surface area (Å²) < 4.78 is 0. The molecule has 1 fully saturated rings. The summed E-state index contributed by atoms with van der Waals surface area (Å²) in [7, 11) is 0. The van der Waals surface area contributed by atoms with E-state index in [1.54, 1.807) is 0 Å². The summed E-state index contributed by atoms with van der Waals surface area (Å²) in [5.74, 6) is 0. The van der Waals surface area contributed by atoms with Gasteiger partial charge in [-0.3, -0.25) is 0 Å². The molecular formula is C12H25N. The highest BCUT2D eigenvalue weighted by Crippen LogP contribution is 2.48. The molecule has 1 aliphatic carbocycles. The van der Waals surface area contributed by atoms with Gasteiger partial charge in [-0.1, -0.05) is 27.7 Å². The molecule has 1 N–H and O–H groups in total. The lowest BCUT2D eigenvalue weighted by Gasteiger charge is -2.33. The van der Waals surface area contributed by atoms with E-state index in [2.05, 4.69) is 46.9 Å². The standard InChI is InChI=1S/C12H25N/c1-9(11(3,4)5)13-10(2)12(6)7-8-12/h9-10,13H,7-8H2,1-6H3. The molecule has 0 radical (unpaired) electrons. The third kappa shape index (κ3) is 2.70. The van der Waals surface area contributed by atoms with Crippen molar-refractivity contribution in [3.8, 4) is 0 Å². The summed E-state index contributed by atoms with van der Waals surface area (Å²) >= 11 is 0. The van der Waals surface area contributed by atoms with Crippen LogP contribution in [-0.2, 0) is 0 Å². The van der Waals surface area contributed by atoms with Crippen molar-refractivity contribution in [1.29, 1.82) is 0 Å². The van der Waals surface area contributed by atoms with Crippen molar-refractivity contribution in [2.24, 2.45) is 10.8 Å². The minimum Gasteiger partial charge on any atom is -0.311 e. The second-order valence-electron chi connectivity index (χ2n) is 6.13. The average molecular weight is 183 g/mol. The highest BCUT2D eigenvalue weighted by atomic mass is 15.0. The molecule has 1 nitrogen and oxygen atoms in total. The summed E-state index contributed by atoms with van der Waals surface area (Å²) in [6, 6.07) is 1.27. The Morgan fingerprint density at radius 1 is 1.15 bits per heavy atom. The number of rotatable bonds is 3. The van der Waals surface area contributed by atoms with Gasteiger partial charge in [0.1, 0.15) is 0 Å². The quantitative estimate of drug-likeness (QED) is 0.708. The summed E-state index contributed by atoms with van der Waals surface area (Å²) in [6.07, 6.45) is 2.80. The van der Waals surface area contributed by atoms with Crippen LogP contribution in [0.15, 0.2) is 0 Å². The van der Waals surface area contributed by atoms with Gasteiger partial charge in [0.05, 0.1) is 0 Å². The van der Waals surface area contributed by atoms with Crippen LogP contribution >= 0.6 is 0 Å². The molecular weight excluding hydrogens is 158 g/mol. The Morgan fingerprint density at radius 2 is 1.62 bits per heavy atom. The summed E-state index contributed by atoms with van der Waals surface area (Å²) in [5.41, 5.74) is 0.971. The SMILES string of the molecule is CC(NC(C)C1(C)CC1)C(C)(C)C. The molecule has 13 heavy (non-hydrogen) atoms. The first-order valence-corrected chi connectivity index (χ1v) is 5.52. The highest BCUT2D eigenvalue weighted by Gasteiger charge is 2.43. The van der Waals surface area contributed by atoms with Crippen LogP contribution < -0.4 is 5.32 Å². The molecule has 1 saturated carbocycles. The minimum atomic E-state index is 0.375. The molecule has 1 aliphatic rings. The van der Waals surface area contributed by atoms with Crippen molar-refractivity contribution in [3.63, 3.8) is 0 Å². The van der Waals surface area contributed by atoms with Crippen LogP contribution in [0, 0.1) is 10.8 Å². The van der Waals surface area contributed by atoms with Gasteiger partial charge in [0.25, 0.3) is 0 Å². The summed E-state index contributed by atoms with van der Waals surface area (Å²) in [6.45, 7) is 13.9. The predicted molar refractivity (Wildman–Crippen MR) is 58.9 cm³/mol. The monoisotopic (exact) mass is 183 g/mol. The van der Waals surface area contributed by atoms with E-state index in [1.165, 1.54) is 12.8 Å². The van der Waals surface area contributed by atoms with Crippen molar-refractivity contribution in [3.05, 3.63) is 0 Å². The Hall–Kier alpha value is -0.0400. The molecule has 0 aliphatic heterocycles. The molecule has 1 rings (SSSR count). The second kappa shape index (κ2) is 3.27. The van der Waals surface area contributed by atoms with Crippen LogP contribution in [0.5, 0.6) is 0 Å². The Balaban J connectivity index is 2.40. The van der Waals surface area contributed by atoms with Gasteiger partial charge in [0.2, 0.25) is 0 Å². The lowest BCUT2D eigenvalue weighted by molar-refractivity contribution is 0.236. The molecule has 0 aromatic carbocycles. The van der Waals surface area contributed by atoms with Gasteiger partial charge in [-0.25, -0.2) is 0 Å². The van der Waals surface area contributed by atoms with E-state index in [9.17, 15) is 0 Å². The molecule has 1 heteroatoms.